The second kappa shape index (κ2) is 10.5. The fraction of sp³-hybridized carbons (Fsp3) is 0.400. The zero-order valence-corrected chi connectivity index (χ0v) is 22.0. The van der Waals surface area contributed by atoms with E-state index in [-0.39, 0.29) is 18.0 Å². The van der Waals surface area contributed by atoms with E-state index in [2.05, 4.69) is 35.8 Å². The van der Waals surface area contributed by atoms with Crippen molar-refractivity contribution in [2.75, 3.05) is 10.6 Å². The predicted molar refractivity (Wildman–Crippen MR) is 142 cm³/mol. The van der Waals surface area contributed by atoms with Crippen molar-refractivity contribution in [2.45, 2.75) is 62.5 Å². The molecule has 6 rings (SSSR count). The first-order chi connectivity index (χ1) is 19.3. The molecule has 0 radical (unpaired) electrons. The average molecular weight is 572 g/mol. The molecule has 40 heavy (non-hydrogen) atoms. The summed E-state index contributed by atoms with van der Waals surface area (Å²) in [6, 6.07) is 3.51. The third-order valence-electron chi connectivity index (χ3n) is 7.01. The Hall–Kier alpha value is -3.98. The summed E-state index contributed by atoms with van der Waals surface area (Å²) in [6.45, 7) is -2.76. The van der Waals surface area contributed by atoms with Crippen molar-refractivity contribution >= 4 is 27.3 Å². The van der Waals surface area contributed by atoms with Crippen molar-refractivity contribution in [3.05, 3.63) is 49.3 Å². The van der Waals surface area contributed by atoms with E-state index >= 15 is 0 Å². The van der Waals surface area contributed by atoms with Crippen LogP contribution in [0.1, 0.15) is 45.1 Å². The van der Waals surface area contributed by atoms with Gasteiger partial charge in [-0.05, 0) is 44.6 Å². The van der Waals surface area contributed by atoms with Crippen molar-refractivity contribution in [1.29, 1.82) is 0 Å². The van der Waals surface area contributed by atoms with Gasteiger partial charge in [0.15, 0.2) is 5.82 Å². The molecule has 3 N–H and O–H groups in total. The Labute approximate surface area is 228 Å². The third kappa shape index (κ3) is 5.51. The van der Waals surface area contributed by atoms with Gasteiger partial charge in [-0.1, -0.05) is 0 Å². The second-order valence-electron chi connectivity index (χ2n) is 9.99. The fourth-order valence-corrected chi connectivity index (χ4v) is 6.15. The highest BCUT2D eigenvalue weighted by Crippen LogP contribution is 2.34. The highest BCUT2D eigenvalue weighted by atomic mass is 32.2. The molecule has 0 aliphatic heterocycles. The van der Waals surface area contributed by atoms with Crippen LogP contribution in [0.25, 0.3) is 22.5 Å². The van der Waals surface area contributed by atoms with Crippen LogP contribution in [0, 0.1) is 0 Å². The van der Waals surface area contributed by atoms with Gasteiger partial charge in [-0.2, -0.15) is 23.1 Å². The number of nitrogens with zero attached hydrogens (tertiary/aromatic N) is 7. The SMILES string of the molecule is O=S(=O)(C1CC1)n1cc(-c2nccc(Nc3cc(NC4CCC(O)CC4)c(-c4cnn(C(F)F)c4)cn3)n2)cn1. The first-order valence-electron chi connectivity index (χ1n) is 12.9. The van der Waals surface area contributed by atoms with E-state index in [0.717, 1.165) is 16.9 Å². The van der Waals surface area contributed by atoms with Crippen LogP contribution >= 0.6 is 0 Å². The molecular weight excluding hydrogens is 544 g/mol. The molecule has 12 nitrogen and oxygen atoms in total. The number of anilines is 3. The van der Waals surface area contributed by atoms with Crippen molar-refractivity contribution in [3.8, 4) is 22.5 Å². The van der Waals surface area contributed by atoms with Crippen molar-refractivity contribution in [3.63, 3.8) is 0 Å². The summed E-state index contributed by atoms with van der Waals surface area (Å²) in [5, 5.41) is 23.9. The van der Waals surface area contributed by atoms with E-state index in [1.54, 1.807) is 18.3 Å². The van der Waals surface area contributed by atoms with Crippen LogP contribution < -0.4 is 10.6 Å². The van der Waals surface area contributed by atoms with Crippen LogP contribution in [0.4, 0.5) is 26.1 Å². The monoisotopic (exact) mass is 571 g/mol. The number of hydrogen-bond acceptors (Lipinski definition) is 10. The zero-order valence-electron chi connectivity index (χ0n) is 21.2. The number of aliphatic hydroxyl groups is 1. The van der Waals surface area contributed by atoms with Gasteiger partial charge < -0.3 is 15.7 Å². The van der Waals surface area contributed by atoms with Gasteiger partial charge in [0.2, 0.25) is 0 Å². The van der Waals surface area contributed by atoms with Crippen LogP contribution in [0.5, 0.6) is 0 Å². The molecular formula is C25H27F2N9O3S. The minimum atomic E-state index is -3.51. The number of aromatic nitrogens is 7. The Morgan fingerprint density at radius 1 is 0.950 bits per heavy atom. The van der Waals surface area contributed by atoms with Gasteiger partial charge >= 0.3 is 6.55 Å². The van der Waals surface area contributed by atoms with Crippen molar-refractivity contribution in [1.82, 2.24) is 33.9 Å². The first kappa shape index (κ1) is 26.3. The minimum absolute atomic E-state index is 0.0941. The molecule has 4 heterocycles. The quantitative estimate of drug-likeness (QED) is 0.270. The molecule has 2 aliphatic carbocycles. The average Bonchev–Trinajstić information content (AvgIpc) is 3.48. The third-order valence-corrected chi connectivity index (χ3v) is 9.04. The molecule has 0 bridgehead atoms. The summed E-state index contributed by atoms with van der Waals surface area (Å²) in [6.07, 6.45) is 12.4. The molecule has 0 saturated heterocycles. The summed E-state index contributed by atoms with van der Waals surface area (Å²) >= 11 is 0. The Morgan fingerprint density at radius 2 is 1.73 bits per heavy atom. The summed E-state index contributed by atoms with van der Waals surface area (Å²) in [5.41, 5.74) is 2.22. The van der Waals surface area contributed by atoms with Crippen LogP contribution in [0.3, 0.4) is 0 Å². The lowest BCUT2D eigenvalue weighted by atomic mass is 9.92. The molecule has 0 atom stereocenters. The van der Waals surface area contributed by atoms with Gasteiger partial charge in [0, 0.05) is 47.5 Å². The molecule has 2 fully saturated rings. The molecule has 4 aromatic heterocycles. The second-order valence-corrected chi connectivity index (χ2v) is 12.1. The zero-order chi connectivity index (χ0) is 27.9. The van der Waals surface area contributed by atoms with Gasteiger partial charge in [0.1, 0.15) is 11.6 Å². The molecule has 15 heteroatoms. The van der Waals surface area contributed by atoms with Crippen LogP contribution in [-0.2, 0) is 10.0 Å². The summed E-state index contributed by atoms with van der Waals surface area (Å²) in [4.78, 5) is 13.2. The maximum absolute atomic E-state index is 13.2. The van der Waals surface area contributed by atoms with E-state index in [9.17, 15) is 22.3 Å². The summed E-state index contributed by atoms with van der Waals surface area (Å²) < 4.78 is 52.8. The van der Waals surface area contributed by atoms with E-state index in [1.807, 2.05) is 0 Å². The van der Waals surface area contributed by atoms with Crippen LogP contribution in [0.15, 0.2) is 49.3 Å². The van der Waals surface area contributed by atoms with Crippen molar-refractivity contribution < 1.29 is 22.3 Å². The lowest BCUT2D eigenvalue weighted by Crippen LogP contribution is -2.28. The standard InChI is InChI=1S/C25H27F2N9O3S/c26-25(27)35-13-15(10-30-35)20-12-29-23(9-21(20)32-17-1-3-18(37)4-2-17)33-22-7-8-28-24(34-22)16-11-31-36(14-16)40(38,39)19-5-6-19/h7-14,17-19,25,37H,1-6H2,(H2,28,29,32,33,34). The number of hydrogen-bond donors (Lipinski definition) is 3. The maximum Gasteiger partial charge on any atom is 0.333 e. The molecule has 0 spiro atoms. The van der Waals surface area contributed by atoms with Crippen LogP contribution in [0.2, 0.25) is 0 Å². The van der Waals surface area contributed by atoms with E-state index < -0.39 is 21.8 Å². The van der Waals surface area contributed by atoms with Crippen LogP contribution in [-0.4, -0.2) is 64.8 Å². The Kier molecular flexibility index (Phi) is 6.92. The summed E-state index contributed by atoms with van der Waals surface area (Å²) in [5.74, 6) is 1.15. The highest BCUT2D eigenvalue weighted by molar-refractivity contribution is 7.90. The Balaban J connectivity index is 1.26. The molecule has 210 valence electrons. The largest absolute Gasteiger partial charge is 0.393 e. The molecule has 0 amide bonds. The molecule has 0 aromatic carbocycles. The highest BCUT2D eigenvalue weighted by Gasteiger charge is 2.37. The predicted octanol–water partition coefficient (Wildman–Crippen LogP) is 3.79. The molecule has 4 aromatic rings. The normalized spacial score (nSPS) is 19.6. The number of alkyl halides is 2. The lowest BCUT2D eigenvalue weighted by Gasteiger charge is -2.28. The molecule has 2 saturated carbocycles. The molecule has 0 unspecified atom stereocenters. The van der Waals surface area contributed by atoms with E-state index in [1.165, 1.54) is 31.0 Å². The van der Waals surface area contributed by atoms with Gasteiger partial charge in [-0.15, -0.1) is 0 Å². The number of pyridine rings is 1. The van der Waals surface area contributed by atoms with E-state index in [0.29, 0.717) is 64.4 Å². The number of aliphatic hydroxyl groups excluding tert-OH is 1. The van der Waals surface area contributed by atoms with Gasteiger partial charge in [0.25, 0.3) is 10.0 Å². The van der Waals surface area contributed by atoms with Gasteiger partial charge in [0.05, 0.1) is 35.5 Å². The van der Waals surface area contributed by atoms with E-state index in [4.69, 9.17) is 0 Å². The number of rotatable bonds is 9. The number of halogens is 2. The Morgan fingerprint density at radius 3 is 2.45 bits per heavy atom. The Bertz CT molecular complexity index is 1610. The minimum Gasteiger partial charge on any atom is -0.393 e. The lowest BCUT2D eigenvalue weighted by molar-refractivity contribution is 0.0566. The molecule has 2 aliphatic rings. The first-order valence-corrected chi connectivity index (χ1v) is 14.4. The summed E-state index contributed by atoms with van der Waals surface area (Å²) in [7, 11) is -3.51. The van der Waals surface area contributed by atoms with Crippen molar-refractivity contribution in [2.24, 2.45) is 0 Å². The van der Waals surface area contributed by atoms with Gasteiger partial charge in [-0.25, -0.2) is 28.1 Å². The smallest absolute Gasteiger partial charge is 0.333 e. The van der Waals surface area contributed by atoms with Gasteiger partial charge in [-0.3, -0.25) is 0 Å². The maximum atomic E-state index is 13.2. The fourth-order valence-electron chi connectivity index (χ4n) is 4.67. The topological polar surface area (TPSA) is 153 Å². The number of nitrogens with one attached hydrogen (secondary N) is 2.